The lowest BCUT2D eigenvalue weighted by atomic mass is 9.32. The second-order valence-corrected chi connectivity index (χ2v) is 24.3. The smallest absolute Gasteiger partial charge is 0.319 e. The Morgan fingerprint density at radius 1 is 0.275 bits per heavy atom. The zero-order chi connectivity index (χ0) is 59.7. The Morgan fingerprint density at radius 3 is 1.19 bits per heavy atom. The molecule has 7 heteroatoms. The van der Waals surface area contributed by atoms with Gasteiger partial charge >= 0.3 is 13.7 Å². The summed E-state index contributed by atoms with van der Waals surface area (Å²) in [4.78, 5) is 4.87. The SMILES string of the molecule is c1ccc(-c2ccc(N(c3ccc(-c4ccccc4)cc3)c3cc4c5c(c3)-c3cccc6c3N(B5c3ccccc3O4)B3c4c-6cc(N(c5ccc(-c6ccccc6)cc5)c5ccc(-c6ccccc6)cc5)cc4-n4c5ccccc5c5cccc3c54)cc2)cc1. The molecular formula is C84H54B2N4O. The van der Waals surface area contributed by atoms with Gasteiger partial charge in [0.15, 0.2) is 0 Å². The number of hydrogen-bond acceptors (Lipinski definition) is 4. The zero-order valence-electron chi connectivity index (χ0n) is 49.5. The van der Waals surface area contributed by atoms with Crippen molar-refractivity contribution < 1.29 is 4.74 Å². The number of fused-ring (bicyclic) bond motifs is 11. The molecule has 0 aliphatic carbocycles. The Bertz CT molecular complexity index is 5200. The summed E-state index contributed by atoms with van der Waals surface area (Å²) in [6, 6.07) is 120. The van der Waals surface area contributed by atoms with Crippen LogP contribution in [-0.4, -0.2) is 18.3 Å². The molecule has 4 aliphatic rings. The van der Waals surface area contributed by atoms with E-state index in [1.54, 1.807) is 0 Å². The third-order valence-corrected chi connectivity index (χ3v) is 19.4. The standard InChI is InChI=1S/C84H54B2N4O/c1-5-19-55(20-6-1)59-35-43-63(44-36-59)87(64-45-37-60(38-46-64)56-21-7-2-8-22-56)67-51-73-71-28-17-29-72-74-52-68(88(65-47-39-61(40-48-65)57-23-9-3-10-24-57)66-49-41-62(42-50-66)58-25-11-4-12-26-58)54-80-82(74)85(75-31-14-16-34-79(75)91-80)90(83(71)72)86-76-32-18-30-70-69-27-13-15-33-77(69)89(84(70)76)78(53-67)81(73)86/h1-54H. The van der Waals surface area contributed by atoms with Crippen molar-refractivity contribution in [3.63, 3.8) is 0 Å². The zero-order valence-corrected chi connectivity index (χ0v) is 49.5. The van der Waals surface area contributed by atoms with Gasteiger partial charge in [0, 0.05) is 67.8 Å². The molecule has 19 rings (SSSR count). The van der Waals surface area contributed by atoms with Crippen LogP contribution in [0.4, 0.5) is 39.8 Å². The molecule has 15 aromatic rings. The summed E-state index contributed by atoms with van der Waals surface area (Å²) in [5, 5.41) is 2.49. The van der Waals surface area contributed by atoms with Crippen LogP contribution in [-0.2, 0) is 0 Å². The van der Waals surface area contributed by atoms with E-state index in [-0.39, 0.29) is 13.7 Å². The fourth-order valence-electron chi connectivity index (χ4n) is 15.4. The third kappa shape index (κ3) is 8.01. The highest BCUT2D eigenvalue weighted by Gasteiger charge is 2.53. The fourth-order valence-corrected chi connectivity index (χ4v) is 15.4. The third-order valence-electron chi connectivity index (χ3n) is 19.4. The monoisotopic (exact) mass is 1160 g/mol. The second-order valence-electron chi connectivity index (χ2n) is 24.3. The van der Waals surface area contributed by atoms with Crippen LogP contribution < -0.4 is 41.1 Å². The minimum absolute atomic E-state index is 0.184. The van der Waals surface area contributed by atoms with Crippen molar-refractivity contribution >= 4 is 97.2 Å². The van der Waals surface area contributed by atoms with E-state index in [0.29, 0.717) is 0 Å². The average molecular weight is 1160 g/mol. The fraction of sp³-hybridized carbons (Fsp3) is 0. The first-order chi connectivity index (χ1) is 45.1. The summed E-state index contributed by atoms with van der Waals surface area (Å²) in [6.45, 7) is -0.391. The van der Waals surface area contributed by atoms with Gasteiger partial charge in [-0.1, -0.05) is 243 Å². The molecule has 0 radical (unpaired) electrons. The van der Waals surface area contributed by atoms with Gasteiger partial charge in [0.1, 0.15) is 11.5 Å². The van der Waals surface area contributed by atoms with Crippen LogP contribution in [0.15, 0.2) is 328 Å². The summed E-state index contributed by atoms with van der Waals surface area (Å²) >= 11 is 0. The van der Waals surface area contributed by atoms with Gasteiger partial charge < -0.3 is 23.8 Å². The molecule has 0 fully saturated rings. The van der Waals surface area contributed by atoms with E-state index >= 15 is 0 Å². The molecule has 0 N–H and O–H groups in total. The van der Waals surface area contributed by atoms with Crippen LogP contribution in [0.2, 0.25) is 0 Å². The first-order valence-electron chi connectivity index (χ1n) is 31.4. The van der Waals surface area contributed by atoms with Crippen molar-refractivity contribution in [2.24, 2.45) is 0 Å². The van der Waals surface area contributed by atoms with Crippen molar-refractivity contribution in [2.45, 2.75) is 0 Å². The molecule has 1 aromatic heterocycles. The molecule has 422 valence electrons. The molecule has 5 heterocycles. The van der Waals surface area contributed by atoms with Crippen molar-refractivity contribution in [3.05, 3.63) is 328 Å². The molecule has 14 aromatic carbocycles. The molecule has 0 saturated carbocycles. The predicted molar refractivity (Wildman–Crippen MR) is 382 cm³/mol. The maximum atomic E-state index is 7.35. The van der Waals surface area contributed by atoms with Crippen LogP contribution in [0.3, 0.4) is 0 Å². The van der Waals surface area contributed by atoms with Crippen molar-refractivity contribution in [2.75, 3.05) is 14.5 Å². The number of rotatable bonds is 10. The Kier molecular flexibility index (Phi) is 11.5. The molecular weight excluding hydrogens is 1100 g/mol. The normalized spacial score (nSPS) is 12.6. The van der Waals surface area contributed by atoms with E-state index in [9.17, 15) is 0 Å². The first kappa shape index (κ1) is 51.3. The predicted octanol–water partition coefficient (Wildman–Crippen LogP) is 19.2. The number of benzene rings is 14. The number of anilines is 7. The highest BCUT2D eigenvalue weighted by molar-refractivity contribution is 7.08. The maximum Gasteiger partial charge on any atom is 0.319 e. The molecule has 0 amide bonds. The minimum atomic E-state index is -0.207. The van der Waals surface area contributed by atoms with Crippen LogP contribution in [0.25, 0.3) is 94.3 Å². The van der Waals surface area contributed by atoms with E-state index in [1.165, 1.54) is 111 Å². The largest absolute Gasteiger partial charge is 0.458 e. The van der Waals surface area contributed by atoms with Gasteiger partial charge in [-0.25, -0.2) is 0 Å². The number of ether oxygens (including phenoxy) is 1. The average Bonchev–Trinajstić information content (AvgIpc) is 1.66. The molecule has 4 aliphatic heterocycles. The lowest BCUT2D eigenvalue weighted by Crippen LogP contribution is -2.73. The van der Waals surface area contributed by atoms with E-state index in [4.69, 9.17) is 4.74 Å². The van der Waals surface area contributed by atoms with Gasteiger partial charge in [0.25, 0.3) is 0 Å². The Hall–Kier alpha value is -11.8. The van der Waals surface area contributed by atoms with E-state index in [0.717, 1.165) is 56.6 Å². The molecule has 0 unspecified atom stereocenters. The molecule has 0 saturated heterocycles. The Balaban J connectivity index is 0.860. The van der Waals surface area contributed by atoms with E-state index in [2.05, 4.69) is 347 Å². The van der Waals surface area contributed by atoms with Crippen LogP contribution in [0, 0.1) is 0 Å². The highest BCUT2D eigenvalue weighted by Crippen LogP contribution is 2.53. The van der Waals surface area contributed by atoms with Gasteiger partial charge in [-0.15, -0.1) is 0 Å². The molecule has 0 spiro atoms. The molecule has 0 bridgehead atoms. The summed E-state index contributed by atoms with van der Waals surface area (Å²) in [5.41, 5.74) is 30.2. The quantitative estimate of drug-likeness (QED) is 0.127. The first-order valence-corrected chi connectivity index (χ1v) is 31.4. The van der Waals surface area contributed by atoms with Crippen LogP contribution in [0.1, 0.15) is 0 Å². The Labute approximate surface area is 529 Å². The number of para-hydroxylation sites is 4. The summed E-state index contributed by atoms with van der Waals surface area (Å²) in [7, 11) is 0. The lowest BCUT2D eigenvalue weighted by Gasteiger charge is -2.50. The van der Waals surface area contributed by atoms with Crippen molar-refractivity contribution in [1.82, 2.24) is 4.57 Å². The van der Waals surface area contributed by atoms with Gasteiger partial charge in [0.2, 0.25) is 0 Å². The van der Waals surface area contributed by atoms with Crippen LogP contribution >= 0.6 is 0 Å². The lowest BCUT2D eigenvalue weighted by molar-refractivity contribution is 0.487. The number of nitrogens with zero attached hydrogens (tertiary/aromatic N) is 4. The summed E-state index contributed by atoms with van der Waals surface area (Å²) < 4.78 is 12.7. The van der Waals surface area contributed by atoms with E-state index < -0.39 is 0 Å². The topological polar surface area (TPSA) is 23.9 Å². The van der Waals surface area contributed by atoms with Crippen LogP contribution in [0.5, 0.6) is 11.5 Å². The second kappa shape index (κ2) is 20.4. The number of hydrogen-bond donors (Lipinski definition) is 0. The minimum Gasteiger partial charge on any atom is -0.458 e. The van der Waals surface area contributed by atoms with Crippen molar-refractivity contribution in [1.29, 1.82) is 0 Å². The van der Waals surface area contributed by atoms with Gasteiger partial charge in [-0.2, -0.15) is 0 Å². The summed E-state index contributed by atoms with van der Waals surface area (Å²) in [5.74, 6) is 1.72. The van der Waals surface area contributed by atoms with Gasteiger partial charge in [0.05, 0.1) is 16.7 Å². The molecule has 0 atom stereocenters. The maximum absolute atomic E-state index is 7.35. The Morgan fingerprint density at radius 2 is 0.670 bits per heavy atom. The van der Waals surface area contributed by atoms with Gasteiger partial charge in [-0.05, 0) is 156 Å². The molecule has 5 nitrogen and oxygen atoms in total. The number of aromatic nitrogens is 1. The summed E-state index contributed by atoms with van der Waals surface area (Å²) in [6.07, 6.45) is 0. The highest BCUT2D eigenvalue weighted by atomic mass is 16.5. The molecule has 91 heavy (non-hydrogen) atoms. The van der Waals surface area contributed by atoms with Gasteiger partial charge in [-0.3, -0.25) is 0 Å². The van der Waals surface area contributed by atoms with E-state index in [1.807, 2.05) is 0 Å². The van der Waals surface area contributed by atoms with Crippen molar-refractivity contribution in [3.8, 4) is 83.9 Å².